The lowest BCUT2D eigenvalue weighted by molar-refractivity contribution is 0.577. The fraction of sp³-hybridized carbons (Fsp3) is 0.385. The second kappa shape index (κ2) is 6.68. The van der Waals surface area contributed by atoms with E-state index in [1.54, 1.807) is 36.3 Å². The van der Waals surface area contributed by atoms with Gasteiger partial charge < -0.3 is 5.32 Å². The lowest BCUT2D eigenvalue weighted by Gasteiger charge is -2.12. The van der Waals surface area contributed by atoms with E-state index in [0.29, 0.717) is 12.2 Å². The zero-order valence-electron chi connectivity index (χ0n) is 12.1. The van der Waals surface area contributed by atoms with Crippen molar-refractivity contribution < 1.29 is 8.42 Å². The number of rotatable bonds is 7. The van der Waals surface area contributed by atoms with Crippen molar-refractivity contribution in [3.63, 3.8) is 0 Å². The van der Waals surface area contributed by atoms with Crippen LogP contribution in [0.15, 0.2) is 35.6 Å². The van der Waals surface area contributed by atoms with Gasteiger partial charge in [0.2, 0.25) is 10.0 Å². The van der Waals surface area contributed by atoms with Crippen molar-refractivity contribution in [1.29, 1.82) is 0 Å². The van der Waals surface area contributed by atoms with Crippen molar-refractivity contribution in [2.45, 2.75) is 24.8 Å². The van der Waals surface area contributed by atoms with Gasteiger partial charge in [0.15, 0.2) is 0 Å². The second-order valence-electron chi connectivity index (χ2n) is 4.57. The molecule has 21 heavy (non-hydrogen) atoms. The highest BCUT2D eigenvalue weighted by Crippen LogP contribution is 2.19. The molecule has 7 nitrogen and oxygen atoms in total. The molecule has 2 aromatic rings. The van der Waals surface area contributed by atoms with Gasteiger partial charge in [-0.05, 0) is 18.6 Å². The van der Waals surface area contributed by atoms with Crippen LogP contribution in [0.1, 0.15) is 19.0 Å². The van der Waals surface area contributed by atoms with Crippen LogP contribution in [0.5, 0.6) is 0 Å². The van der Waals surface area contributed by atoms with Crippen molar-refractivity contribution in [3.05, 3.63) is 36.4 Å². The fourth-order valence-corrected chi connectivity index (χ4v) is 2.94. The molecule has 0 aliphatic heterocycles. The maximum Gasteiger partial charge on any atom is 0.244 e. The predicted octanol–water partition coefficient (Wildman–Crippen LogP) is 1.12. The molecule has 0 spiro atoms. The van der Waals surface area contributed by atoms with E-state index in [2.05, 4.69) is 20.1 Å². The summed E-state index contributed by atoms with van der Waals surface area (Å²) in [6.45, 7) is 2.90. The Hall–Kier alpha value is -1.93. The molecule has 0 aromatic carbocycles. The third kappa shape index (κ3) is 3.79. The Bertz CT molecular complexity index is 696. The summed E-state index contributed by atoms with van der Waals surface area (Å²) in [4.78, 5) is 4.06. The summed E-state index contributed by atoms with van der Waals surface area (Å²) in [6.07, 6.45) is 5.45. The van der Waals surface area contributed by atoms with Crippen molar-refractivity contribution >= 4 is 15.7 Å². The molecular weight excluding hydrogens is 290 g/mol. The summed E-state index contributed by atoms with van der Waals surface area (Å²) in [7, 11) is -1.86. The molecule has 114 valence electrons. The number of hydrogen-bond donors (Lipinski definition) is 2. The highest BCUT2D eigenvalue weighted by atomic mass is 32.2. The van der Waals surface area contributed by atoms with Gasteiger partial charge in [0.25, 0.3) is 0 Å². The number of anilines is 1. The minimum absolute atomic E-state index is 0.153. The van der Waals surface area contributed by atoms with Gasteiger partial charge in [0.05, 0.1) is 17.9 Å². The zero-order chi connectivity index (χ0) is 15.3. The van der Waals surface area contributed by atoms with E-state index in [4.69, 9.17) is 0 Å². The number of hydrogen-bond acceptors (Lipinski definition) is 5. The Morgan fingerprint density at radius 1 is 1.29 bits per heavy atom. The van der Waals surface area contributed by atoms with Gasteiger partial charge >= 0.3 is 0 Å². The lowest BCUT2D eigenvalue weighted by Crippen LogP contribution is -2.25. The summed E-state index contributed by atoms with van der Waals surface area (Å²) in [6, 6.07) is 3.43. The average Bonchev–Trinajstić information content (AvgIpc) is 2.89. The number of sulfonamides is 1. The van der Waals surface area contributed by atoms with Crippen molar-refractivity contribution in [2.24, 2.45) is 7.05 Å². The van der Waals surface area contributed by atoms with Gasteiger partial charge in [0.1, 0.15) is 4.90 Å². The summed E-state index contributed by atoms with van der Waals surface area (Å²) in [5, 5.41) is 7.10. The van der Waals surface area contributed by atoms with Crippen molar-refractivity contribution in [1.82, 2.24) is 19.5 Å². The topological polar surface area (TPSA) is 88.9 Å². The molecule has 2 heterocycles. The molecular formula is C13H19N5O2S. The molecule has 0 saturated carbocycles. The maximum atomic E-state index is 12.4. The number of pyridine rings is 1. The molecule has 2 aromatic heterocycles. The molecule has 0 bridgehead atoms. The van der Waals surface area contributed by atoms with Crippen molar-refractivity contribution in [3.8, 4) is 0 Å². The summed E-state index contributed by atoms with van der Waals surface area (Å²) in [5.74, 6) is 0. The average molecular weight is 309 g/mol. The zero-order valence-corrected chi connectivity index (χ0v) is 12.9. The van der Waals surface area contributed by atoms with E-state index in [-0.39, 0.29) is 11.4 Å². The van der Waals surface area contributed by atoms with E-state index in [9.17, 15) is 8.42 Å². The summed E-state index contributed by atoms with van der Waals surface area (Å²) >= 11 is 0. The Kier molecular flexibility index (Phi) is 4.92. The van der Waals surface area contributed by atoms with Gasteiger partial charge in [0, 0.05) is 32.2 Å². The predicted molar refractivity (Wildman–Crippen MR) is 80.3 cm³/mol. The first-order valence-electron chi connectivity index (χ1n) is 6.69. The minimum atomic E-state index is -3.63. The van der Waals surface area contributed by atoms with Gasteiger partial charge in [-0.3, -0.25) is 9.67 Å². The Balaban J connectivity index is 2.17. The SMILES string of the molecule is CCCNc1ccncc1S(=O)(=O)NCc1ccnn1C. The molecule has 2 rings (SSSR count). The number of aryl methyl sites for hydroxylation is 1. The number of nitrogens with one attached hydrogen (secondary N) is 2. The van der Waals surface area contributed by atoms with E-state index in [1.807, 2.05) is 6.92 Å². The van der Waals surface area contributed by atoms with Crippen LogP contribution in [0.2, 0.25) is 0 Å². The Morgan fingerprint density at radius 3 is 2.76 bits per heavy atom. The largest absolute Gasteiger partial charge is 0.384 e. The third-order valence-electron chi connectivity index (χ3n) is 3.01. The standard InChI is InChI=1S/C13H19N5O2S/c1-3-6-15-12-5-7-14-10-13(12)21(19,20)17-9-11-4-8-16-18(11)2/h4-5,7-8,10,17H,3,6,9H2,1-2H3,(H,14,15). The Morgan fingerprint density at radius 2 is 2.10 bits per heavy atom. The van der Waals surface area contributed by atoms with Gasteiger partial charge in [-0.1, -0.05) is 6.92 Å². The van der Waals surface area contributed by atoms with Gasteiger partial charge in [-0.2, -0.15) is 5.10 Å². The van der Waals surface area contributed by atoms with Crippen LogP contribution in [-0.2, 0) is 23.6 Å². The van der Waals surface area contributed by atoms with Crippen LogP contribution in [-0.4, -0.2) is 29.7 Å². The fourth-order valence-electron chi connectivity index (χ4n) is 1.82. The first-order chi connectivity index (χ1) is 10.0. The molecule has 2 N–H and O–H groups in total. The van der Waals surface area contributed by atoms with Gasteiger partial charge in [-0.15, -0.1) is 0 Å². The molecule has 0 fully saturated rings. The van der Waals surface area contributed by atoms with Crippen LogP contribution in [0, 0.1) is 0 Å². The molecule has 0 aliphatic rings. The van der Waals surface area contributed by atoms with Crippen LogP contribution in [0.3, 0.4) is 0 Å². The van der Waals surface area contributed by atoms with Crippen LogP contribution in [0.4, 0.5) is 5.69 Å². The quantitative estimate of drug-likeness (QED) is 0.800. The Labute approximate surface area is 124 Å². The molecule has 0 unspecified atom stereocenters. The second-order valence-corrected chi connectivity index (χ2v) is 6.30. The number of nitrogens with zero attached hydrogens (tertiary/aromatic N) is 3. The molecule has 0 aliphatic carbocycles. The van der Waals surface area contributed by atoms with E-state index < -0.39 is 10.0 Å². The smallest absolute Gasteiger partial charge is 0.244 e. The van der Waals surface area contributed by atoms with E-state index >= 15 is 0 Å². The van der Waals surface area contributed by atoms with Crippen LogP contribution >= 0.6 is 0 Å². The van der Waals surface area contributed by atoms with Gasteiger partial charge in [-0.25, -0.2) is 13.1 Å². The molecule has 0 atom stereocenters. The summed E-state index contributed by atoms with van der Waals surface area (Å²) in [5.41, 5.74) is 1.34. The number of aromatic nitrogens is 3. The third-order valence-corrected chi connectivity index (χ3v) is 4.43. The first-order valence-corrected chi connectivity index (χ1v) is 8.17. The minimum Gasteiger partial charge on any atom is -0.384 e. The molecule has 0 saturated heterocycles. The lowest BCUT2D eigenvalue weighted by atomic mass is 10.4. The van der Waals surface area contributed by atoms with Crippen LogP contribution < -0.4 is 10.0 Å². The molecule has 8 heteroatoms. The van der Waals surface area contributed by atoms with E-state index in [0.717, 1.165) is 12.1 Å². The molecule has 0 radical (unpaired) electrons. The highest BCUT2D eigenvalue weighted by Gasteiger charge is 2.18. The maximum absolute atomic E-state index is 12.4. The van der Waals surface area contributed by atoms with Crippen LogP contribution in [0.25, 0.3) is 0 Å². The highest BCUT2D eigenvalue weighted by molar-refractivity contribution is 7.89. The first kappa shape index (κ1) is 15.5. The monoisotopic (exact) mass is 309 g/mol. The van der Waals surface area contributed by atoms with E-state index in [1.165, 1.54) is 6.20 Å². The van der Waals surface area contributed by atoms with Crippen molar-refractivity contribution in [2.75, 3.05) is 11.9 Å². The normalized spacial score (nSPS) is 11.5. The molecule has 0 amide bonds. The summed E-state index contributed by atoms with van der Waals surface area (Å²) < 4.78 is 29.0.